The van der Waals surface area contributed by atoms with E-state index in [2.05, 4.69) is 4.98 Å². The summed E-state index contributed by atoms with van der Waals surface area (Å²) >= 11 is 11.1. The van der Waals surface area contributed by atoms with Gasteiger partial charge in [-0.1, -0.05) is 11.6 Å². The van der Waals surface area contributed by atoms with E-state index < -0.39 is 7.82 Å². The largest absolute Gasteiger partial charge is 0.530 e. The van der Waals surface area contributed by atoms with Crippen LogP contribution in [0.5, 0.6) is 5.75 Å². The first-order valence-electron chi connectivity index (χ1n) is 8.26. The number of ether oxygens (including phenoxy) is 1. The zero-order valence-corrected chi connectivity index (χ0v) is 16.5. The molecule has 8 nitrogen and oxygen atoms in total. The number of phosphoric acid groups is 1. The number of H-pyrrole nitrogens is 1. The van der Waals surface area contributed by atoms with Gasteiger partial charge in [0.25, 0.3) is 5.56 Å². The first-order valence-corrected chi connectivity index (χ1v) is 10.5. The molecular formula is C16H16ClN2O6PS. The SMILES string of the molecule is O=c1ccn(C2CCC(COP3(=O)OCc4cc(Cl)ccc4O3)O2)c(=S)[nH]1. The fraction of sp³-hybridized carbons (Fsp3) is 0.375. The summed E-state index contributed by atoms with van der Waals surface area (Å²) < 4.78 is 36.6. The molecule has 3 heterocycles. The molecule has 3 atom stereocenters. The number of nitrogens with zero attached hydrogens (tertiary/aromatic N) is 1. The van der Waals surface area contributed by atoms with Crippen LogP contribution in [0.3, 0.4) is 0 Å². The summed E-state index contributed by atoms with van der Waals surface area (Å²) in [6.07, 6.45) is 2.33. The van der Waals surface area contributed by atoms with Crippen LogP contribution in [0.4, 0.5) is 0 Å². The van der Waals surface area contributed by atoms with Crippen molar-refractivity contribution in [3.8, 4) is 5.75 Å². The monoisotopic (exact) mass is 430 g/mol. The van der Waals surface area contributed by atoms with Gasteiger partial charge in [-0.15, -0.1) is 0 Å². The first-order chi connectivity index (χ1) is 12.9. The minimum atomic E-state index is -3.72. The number of aromatic amines is 1. The van der Waals surface area contributed by atoms with E-state index in [0.29, 0.717) is 29.2 Å². The molecule has 0 saturated carbocycles. The Labute approximate surface area is 164 Å². The highest BCUT2D eigenvalue weighted by Gasteiger charge is 2.36. The molecule has 0 radical (unpaired) electrons. The molecule has 1 aromatic carbocycles. The van der Waals surface area contributed by atoms with Gasteiger partial charge in [0.15, 0.2) is 4.77 Å². The molecule has 1 saturated heterocycles. The van der Waals surface area contributed by atoms with Crippen LogP contribution < -0.4 is 10.1 Å². The minimum Gasteiger partial charge on any atom is -0.404 e. The number of rotatable bonds is 4. The van der Waals surface area contributed by atoms with Crippen molar-refractivity contribution >= 4 is 31.6 Å². The van der Waals surface area contributed by atoms with Gasteiger partial charge in [0.1, 0.15) is 12.0 Å². The first kappa shape index (κ1) is 18.9. The maximum Gasteiger partial charge on any atom is 0.530 e. The zero-order chi connectivity index (χ0) is 19.0. The lowest BCUT2D eigenvalue weighted by molar-refractivity contribution is -0.0256. The number of halogens is 1. The smallest absolute Gasteiger partial charge is 0.404 e. The maximum atomic E-state index is 12.7. The number of hydrogen-bond acceptors (Lipinski definition) is 7. The van der Waals surface area contributed by atoms with Crippen molar-refractivity contribution in [1.29, 1.82) is 0 Å². The third-order valence-electron chi connectivity index (χ3n) is 4.28. The van der Waals surface area contributed by atoms with Gasteiger partial charge < -0.3 is 9.26 Å². The van der Waals surface area contributed by atoms with Crippen LogP contribution in [-0.2, 0) is 25.0 Å². The highest BCUT2D eigenvalue weighted by atomic mass is 35.5. The van der Waals surface area contributed by atoms with Crippen molar-refractivity contribution in [3.63, 3.8) is 0 Å². The molecule has 1 N–H and O–H groups in total. The Kier molecular flexibility index (Phi) is 5.24. The molecule has 0 aliphatic carbocycles. The summed E-state index contributed by atoms with van der Waals surface area (Å²) in [5, 5.41) is 0.546. The number of benzene rings is 1. The molecule has 1 fully saturated rings. The van der Waals surface area contributed by atoms with E-state index in [9.17, 15) is 9.36 Å². The van der Waals surface area contributed by atoms with Gasteiger partial charge in [-0.2, -0.15) is 0 Å². The Morgan fingerprint density at radius 3 is 3.04 bits per heavy atom. The molecular weight excluding hydrogens is 415 g/mol. The quantitative estimate of drug-likeness (QED) is 0.579. The Morgan fingerprint density at radius 2 is 2.22 bits per heavy atom. The van der Waals surface area contributed by atoms with Crippen molar-refractivity contribution in [2.75, 3.05) is 6.61 Å². The molecule has 27 heavy (non-hydrogen) atoms. The van der Waals surface area contributed by atoms with E-state index in [1.807, 2.05) is 0 Å². The average molecular weight is 431 g/mol. The average Bonchev–Trinajstić information content (AvgIpc) is 3.09. The minimum absolute atomic E-state index is 0.0490. The predicted molar refractivity (Wildman–Crippen MR) is 99.5 cm³/mol. The van der Waals surface area contributed by atoms with Gasteiger partial charge in [0.05, 0.1) is 19.3 Å². The van der Waals surface area contributed by atoms with Crippen molar-refractivity contribution < 1.29 is 22.9 Å². The number of fused-ring (bicyclic) bond motifs is 1. The molecule has 1 aromatic heterocycles. The van der Waals surface area contributed by atoms with Gasteiger partial charge >= 0.3 is 7.82 Å². The molecule has 2 aromatic rings. The summed E-state index contributed by atoms with van der Waals surface area (Å²) in [6, 6.07) is 6.36. The molecule has 4 rings (SSSR count). The molecule has 3 unspecified atom stereocenters. The normalized spacial score (nSPS) is 27.1. The standard InChI is InChI=1S/C16H16ClN2O6PS/c17-11-1-3-13-10(7-11)8-22-26(21,25-13)23-9-12-2-4-15(24-12)19-6-5-14(20)18-16(19)27/h1,3,5-7,12,15H,2,4,8-9H2,(H,18,20,27). The third-order valence-corrected chi connectivity index (χ3v) is 6.15. The molecule has 0 bridgehead atoms. The summed E-state index contributed by atoms with van der Waals surface area (Å²) in [5.74, 6) is 0.429. The third kappa shape index (κ3) is 4.18. The highest BCUT2D eigenvalue weighted by molar-refractivity contribution is 7.71. The number of phosphoric ester groups is 1. The lowest BCUT2D eigenvalue weighted by atomic mass is 10.2. The van der Waals surface area contributed by atoms with Crippen molar-refractivity contribution in [1.82, 2.24) is 9.55 Å². The zero-order valence-electron chi connectivity index (χ0n) is 14.0. The summed E-state index contributed by atoms with van der Waals surface area (Å²) in [5.41, 5.74) is 0.447. The number of hydrogen-bond donors (Lipinski definition) is 1. The van der Waals surface area contributed by atoms with Gasteiger partial charge in [-0.3, -0.25) is 23.4 Å². The summed E-state index contributed by atoms with van der Waals surface area (Å²) in [4.78, 5) is 13.8. The van der Waals surface area contributed by atoms with Crippen LogP contribution in [0, 0.1) is 4.77 Å². The second kappa shape index (κ2) is 7.50. The lowest BCUT2D eigenvalue weighted by Gasteiger charge is -2.25. The van der Waals surface area contributed by atoms with E-state index in [0.717, 1.165) is 0 Å². The van der Waals surface area contributed by atoms with Crippen LogP contribution >= 0.6 is 31.6 Å². The van der Waals surface area contributed by atoms with E-state index >= 15 is 0 Å². The van der Waals surface area contributed by atoms with E-state index in [1.165, 1.54) is 6.07 Å². The van der Waals surface area contributed by atoms with Gasteiger partial charge in [-0.25, -0.2) is 4.57 Å². The number of nitrogens with one attached hydrogen (secondary N) is 1. The Hall–Kier alpha value is -1.48. The van der Waals surface area contributed by atoms with Crippen LogP contribution in [0.1, 0.15) is 24.6 Å². The second-order valence-corrected chi connectivity index (χ2v) is 8.58. The fourth-order valence-electron chi connectivity index (χ4n) is 2.95. The molecule has 2 aliphatic heterocycles. The Balaban J connectivity index is 1.37. The van der Waals surface area contributed by atoms with Crippen molar-refractivity contribution in [2.24, 2.45) is 0 Å². The summed E-state index contributed by atoms with van der Waals surface area (Å²) in [7, 11) is -3.72. The van der Waals surface area contributed by atoms with Gasteiger partial charge in [0.2, 0.25) is 0 Å². The van der Waals surface area contributed by atoms with Crippen LogP contribution in [0.2, 0.25) is 5.02 Å². The van der Waals surface area contributed by atoms with Crippen molar-refractivity contribution in [2.45, 2.75) is 31.8 Å². The topological polar surface area (TPSA) is 91.8 Å². The van der Waals surface area contributed by atoms with Gasteiger partial charge in [0, 0.05) is 22.8 Å². The highest BCUT2D eigenvalue weighted by Crippen LogP contribution is 2.55. The second-order valence-electron chi connectivity index (χ2n) is 6.17. The molecule has 0 spiro atoms. The van der Waals surface area contributed by atoms with E-state index in [1.54, 1.807) is 29.0 Å². The van der Waals surface area contributed by atoms with Crippen LogP contribution in [0.25, 0.3) is 0 Å². The molecule has 0 amide bonds. The van der Waals surface area contributed by atoms with Gasteiger partial charge in [-0.05, 0) is 43.3 Å². The van der Waals surface area contributed by atoms with Crippen molar-refractivity contribution in [3.05, 3.63) is 56.2 Å². The molecule has 2 aliphatic rings. The van der Waals surface area contributed by atoms with E-state index in [4.69, 9.17) is 42.1 Å². The molecule has 11 heteroatoms. The van der Waals surface area contributed by atoms with Crippen LogP contribution in [0.15, 0.2) is 35.3 Å². The Bertz CT molecular complexity index is 1020. The maximum absolute atomic E-state index is 12.7. The summed E-state index contributed by atoms with van der Waals surface area (Å²) in [6.45, 7) is 0.140. The Morgan fingerprint density at radius 1 is 1.37 bits per heavy atom. The number of aromatic nitrogens is 2. The lowest BCUT2D eigenvalue weighted by Crippen LogP contribution is -2.20. The fourth-order valence-corrected chi connectivity index (χ4v) is 4.67. The molecule has 144 valence electrons. The van der Waals surface area contributed by atoms with E-state index in [-0.39, 0.29) is 35.9 Å². The predicted octanol–water partition coefficient (Wildman–Crippen LogP) is 3.97. The van der Waals surface area contributed by atoms with Crippen LogP contribution in [-0.4, -0.2) is 22.3 Å².